The summed E-state index contributed by atoms with van der Waals surface area (Å²) in [6.45, 7) is 6.16. The van der Waals surface area contributed by atoms with Crippen LogP contribution in [0.15, 0.2) is 84.9 Å². The quantitative estimate of drug-likeness (QED) is 0.315. The topological polar surface area (TPSA) is 111 Å². The van der Waals surface area contributed by atoms with Gasteiger partial charge in [-0.2, -0.15) is 0 Å². The van der Waals surface area contributed by atoms with Gasteiger partial charge in [-0.25, -0.2) is 4.79 Å². The SMILES string of the molecule is Cc1ccccc1CNC(=O)[C@H]1N(C(=O)[C@@H](O)[C@H](Cc2ccccc2)NC(=O)Nc2ccccc2)CSC1(C)C. The monoisotopic (exact) mass is 560 g/mol. The van der Waals surface area contributed by atoms with Crippen LogP contribution in [0.25, 0.3) is 0 Å². The molecule has 3 atom stereocenters. The van der Waals surface area contributed by atoms with Gasteiger partial charge in [0, 0.05) is 17.0 Å². The van der Waals surface area contributed by atoms with Gasteiger partial charge < -0.3 is 26.0 Å². The fraction of sp³-hybridized carbons (Fsp3) is 0.323. The number of hydrogen-bond donors (Lipinski definition) is 4. The number of rotatable bonds is 9. The average Bonchev–Trinajstić information content (AvgIpc) is 3.27. The molecule has 0 bridgehead atoms. The molecule has 0 unspecified atom stereocenters. The first-order valence-electron chi connectivity index (χ1n) is 13.3. The van der Waals surface area contributed by atoms with Gasteiger partial charge >= 0.3 is 6.03 Å². The lowest BCUT2D eigenvalue weighted by molar-refractivity contribution is -0.147. The van der Waals surface area contributed by atoms with Crippen molar-refractivity contribution in [2.75, 3.05) is 11.2 Å². The molecule has 0 aromatic heterocycles. The standard InChI is InChI=1S/C31H36N4O4S/c1-21-12-10-11-15-23(21)19-32-28(37)27-31(2,3)40-20-35(27)29(38)26(36)25(18-22-13-6-4-7-14-22)34-30(39)33-24-16-8-5-9-17-24/h4-17,25-27,36H,18-20H2,1-3H3,(H,32,37)(H2,33,34,39)/t25-,26-,27+/m0/s1. The third-order valence-electron chi connectivity index (χ3n) is 7.07. The Hall–Kier alpha value is -3.82. The summed E-state index contributed by atoms with van der Waals surface area (Å²) in [7, 11) is 0. The third kappa shape index (κ3) is 7.22. The Balaban J connectivity index is 1.51. The molecule has 1 heterocycles. The molecule has 210 valence electrons. The minimum atomic E-state index is -1.57. The van der Waals surface area contributed by atoms with Gasteiger partial charge in [-0.05, 0) is 56.0 Å². The summed E-state index contributed by atoms with van der Waals surface area (Å²) in [6.07, 6.45) is -1.34. The van der Waals surface area contributed by atoms with Gasteiger partial charge in [0.05, 0.1) is 11.9 Å². The van der Waals surface area contributed by atoms with E-state index < -0.39 is 34.9 Å². The number of benzene rings is 3. The maximum absolute atomic E-state index is 13.8. The fourth-order valence-electron chi connectivity index (χ4n) is 4.81. The van der Waals surface area contributed by atoms with Crippen LogP contribution in [-0.2, 0) is 22.6 Å². The van der Waals surface area contributed by atoms with Gasteiger partial charge in [0.15, 0.2) is 6.10 Å². The lowest BCUT2D eigenvalue weighted by Crippen LogP contribution is -2.59. The van der Waals surface area contributed by atoms with Crippen molar-refractivity contribution in [2.24, 2.45) is 0 Å². The van der Waals surface area contributed by atoms with Crippen molar-refractivity contribution in [3.8, 4) is 0 Å². The van der Waals surface area contributed by atoms with Crippen molar-refractivity contribution in [1.29, 1.82) is 0 Å². The summed E-state index contributed by atoms with van der Waals surface area (Å²) in [4.78, 5) is 41.5. The molecule has 3 aromatic carbocycles. The van der Waals surface area contributed by atoms with E-state index in [0.717, 1.165) is 16.7 Å². The minimum absolute atomic E-state index is 0.227. The lowest BCUT2D eigenvalue weighted by Gasteiger charge is -2.33. The molecular formula is C31H36N4O4S. The average molecular weight is 561 g/mol. The van der Waals surface area contributed by atoms with Gasteiger partial charge in [0.1, 0.15) is 6.04 Å². The largest absolute Gasteiger partial charge is 0.381 e. The summed E-state index contributed by atoms with van der Waals surface area (Å²) in [5.74, 6) is -0.636. The molecule has 40 heavy (non-hydrogen) atoms. The van der Waals surface area contributed by atoms with Crippen molar-refractivity contribution in [3.63, 3.8) is 0 Å². The molecule has 9 heteroatoms. The van der Waals surface area contributed by atoms with E-state index in [1.165, 1.54) is 16.7 Å². The Morgan fingerprint density at radius 3 is 2.27 bits per heavy atom. The molecule has 4 amide bonds. The molecule has 8 nitrogen and oxygen atoms in total. The third-order valence-corrected chi connectivity index (χ3v) is 8.45. The Morgan fingerprint density at radius 2 is 1.60 bits per heavy atom. The van der Waals surface area contributed by atoms with Crippen LogP contribution in [0.1, 0.15) is 30.5 Å². The summed E-state index contributed by atoms with van der Waals surface area (Å²) in [6, 6.07) is 23.8. The first-order valence-corrected chi connectivity index (χ1v) is 14.3. The van der Waals surface area contributed by atoms with Gasteiger partial charge in [-0.15, -0.1) is 11.8 Å². The van der Waals surface area contributed by atoms with Gasteiger partial charge in [-0.3, -0.25) is 9.59 Å². The molecule has 1 aliphatic heterocycles. The van der Waals surface area contributed by atoms with E-state index >= 15 is 0 Å². The van der Waals surface area contributed by atoms with Crippen molar-refractivity contribution in [2.45, 2.75) is 56.7 Å². The van der Waals surface area contributed by atoms with Crippen molar-refractivity contribution in [1.82, 2.24) is 15.5 Å². The van der Waals surface area contributed by atoms with Gasteiger partial charge in [0.25, 0.3) is 5.91 Å². The summed E-state index contributed by atoms with van der Waals surface area (Å²) >= 11 is 1.48. The van der Waals surface area contributed by atoms with Crippen LogP contribution >= 0.6 is 11.8 Å². The minimum Gasteiger partial charge on any atom is -0.381 e. The van der Waals surface area contributed by atoms with E-state index in [-0.39, 0.29) is 18.2 Å². The zero-order valence-corrected chi connectivity index (χ0v) is 23.8. The highest BCUT2D eigenvalue weighted by Crippen LogP contribution is 2.40. The number of nitrogens with zero attached hydrogens (tertiary/aromatic N) is 1. The second kappa shape index (κ2) is 13.0. The summed E-state index contributed by atoms with van der Waals surface area (Å²) in [5.41, 5.74) is 3.49. The first kappa shape index (κ1) is 29.2. The van der Waals surface area contributed by atoms with E-state index in [9.17, 15) is 19.5 Å². The fourth-order valence-corrected chi connectivity index (χ4v) is 5.95. The highest BCUT2D eigenvalue weighted by atomic mass is 32.2. The Labute approximate surface area is 239 Å². The van der Waals surface area contributed by atoms with E-state index in [4.69, 9.17) is 0 Å². The molecular weight excluding hydrogens is 524 g/mol. The number of aliphatic hydroxyl groups excluding tert-OH is 1. The van der Waals surface area contributed by atoms with E-state index in [2.05, 4.69) is 16.0 Å². The van der Waals surface area contributed by atoms with Crippen molar-refractivity contribution >= 4 is 35.3 Å². The Morgan fingerprint density at radius 1 is 0.975 bits per heavy atom. The van der Waals surface area contributed by atoms with Crippen LogP contribution in [-0.4, -0.2) is 56.7 Å². The number of amides is 4. The number of carbonyl (C=O) groups excluding carboxylic acids is 3. The lowest BCUT2D eigenvalue weighted by atomic mass is 9.97. The molecule has 0 saturated carbocycles. The Bertz CT molecular complexity index is 1320. The smallest absolute Gasteiger partial charge is 0.319 e. The molecule has 1 fully saturated rings. The number of anilines is 1. The number of hydrogen-bond acceptors (Lipinski definition) is 5. The maximum atomic E-state index is 13.8. The van der Waals surface area contributed by atoms with Crippen molar-refractivity contribution < 1.29 is 19.5 Å². The van der Waals surface area contributed by atoms with Crippen LogP contribution in [0.2, 0.25) is 0 Å². The molecule has 0 spiro atoms. The number of urea groups is 1. The second-order valence-electron chi connectivity index (χ2n) is 10.4. The number of para-hydroxylation sites is 1. The van der Waals surface area contributed by atoms with Crippen LogP contribution in [0, 0.1) is 6.92 Å². The predicted octanol–water partition coefficient (Wildman–Crippen LogP) is 4.09. The predicted molar refractivity (Wildman–Crippen MR) is 159 cm³/mol. The molecule has 1 saturated heterocycles. The van der Waals surface area contributed by atoms with E-state index in [1.54, 1.807) is 24.3 Å². The summed E-state index contributed by atoms with van der Waals surface area (Å²) < 4.78 is -0.571. The zero-order valence-electron chi connectivity index (χ0n) is 23.0. The molecule has 4 N–H and O–H groups in total. The normalized spacial score (nSPS) is 17.5. The highest BCUT2D eigenvalue weighted by Gasteiger charge is 2.49. The number of nitrogens with one attached hydrogen (secondary N) is 3. The molecule has 4 rings (SSSR count). The van der Waals surface area contributed by atoms with Gasteiger partial charge in [0.2, 0.25) is 5.91 Å². The van der Waals surface area contributed by atoms with Gasteiger partial charge in [-0.1, -0.05) is 72.8 Å². The number of thioether (sulfide) groups is 1. The number of aliphatic hydroxyl groups is 1. The van der Waals surface area contributed by atoms with Crippen LogP contribution in [0.5, 0.6) is 0 Å². The Kier molecular flexibility index (Phi) is 9.50. The number of aryl methyl sites for hydroxylation is 1. The number of carbonyl (C=O) groups is 3. The van der Waals surface area contributed by atoms with Crippen molar-refractivity contribution in [3.05, 3.63) is 102 Å². The van der Waals surface area contributed by atoms with E-state index in [0.29, 0.717) is 12.2 Å². The van der Waals surface area contributed by atoms with Crippen LogP contribution in [0.3, 0.4) is 0 Å². The molecule has 3 aromatic rings. The summed E-state index contributed by atoms with van der Waals surface area (Å²) in [5, 5.41) is 19.9. The second-order valence-corrected chi connectivity index (χ2v) is 12.0. The molecule has 0 aliphatic carbocycles. The molecule has 0 radical (unpaired) electrons. The van der Waals surface area contributed by atoms with E-state index in [1.807, 2.05) is 81.4 Å². The molecule has 1 aliphatic rings. The van der Waals surface area contributed by atoms with Crippen LogP contribution in [0.4, 0.5) is 10.5 Å². The zero-order chi connectivity index (χ0) is 28.7. The highest BCUT2D eigenvalue weighted by molar-refractivity contribution is 8.00. The maximum Gasteiger partial charge on any atom is 0.319 e. The van der Waals surface area contributed by atoms with Crippen LogP contribution < -0.4 is 16.0 Å². The first-order chi connectivity index (χ1) is 19.2.